The molecule has 4 nitrogen and oxygen atoms in total. The van der Waals surface area contributed by atoms with Gasteiger partial charge in [0.2, 0.25) is 0 Å². The Balaban J connectivity index is 0. The maximum Gasteiger partial charge on any atom is 0.267 e. The molecule has 0 aliphatic carbocycles. The second-order valence-electron chi connectivity index (χ2n) is 1.01. The Labute approximate surface area is 64.6 Å². The molecule has 0 unspecified atom stereocenters. The molecule has 4 radical (unpaired) electrons. The van der Waals surface area contributed by atoms with Crippen LogP contribution in [-0.2, 0) is 10.1 Å². The average Bonchev–Trinajstić information content (AvgIpc) is 1.30. The molecule has 0 aromatic carbocycles. The summed E-state index contributed by atoms with van der Waals surface area (Å²) in [6.07, 6.45) is 0. The molecule has 0 aromatic heterocycles. The van der Waals surface area contributed by atoms with Gasteiger partial charge in [-0.3, -0.25) is 4.55 Å². The molecular weight excluding hydrogens is 239 g/mol. The number of hydrogen-bond acceptors (Lipinski definition) is 3. The van der Waals surface area contributed by atoms with Crippen LogP contribution >= 0.6 is 0 Å². The van der Waals surface area contributed by atoms with Crippen molar-refractivity contribution in [2.24, 2.45) is 0 Å². The fourth-order valence-electron chi connectivity index (χ4n) is 0.115. The van der Waals surface area contributed by atoms with E-state index in [1.807, 2.05) is 0 Å². The van der Waals surface area contributed by atoms with Crippen molar-refractivity contribution >= 4 is 34.0 Å². The Morgan fingerprint density at radius 1 is 1.38 bits per heavy atom. The van der Waals surface area contributed by atoms with Crippen LogP contribution in [-0.4, -0.2) is 54.3 Å². The van der Waals surface area contributed by atoms with Gasteiger partial charge in [0.15, 0.2) is 0 Å². The van der Waals surface area contributed by atoms with Crippen molar-refractivity contribution in [1.82, 2.24) is 0 Å². The van der Waals surface area contributed by atoms with Gasteiger partial charge in [0.05, 0.1) is 12.4 Å². The molecule has 0 aromatic rings. The van der Waals surface area contributed by atoms with Crippen LogP contribution in [0.2, 0.25) is 0 Å². The summed E-state index contributed by atoms with van der Waals surface area (Å²) in [6, 6.07) is 0. The van der Waals surface area contributed by atoms with Gasteiger partial charge in [-0.05, 0) is 0 Å². The van der Waals surface area contributed by atoms with Crippen LogP contribution in [0.5, 0.6) is 0 Å². The second kappa shape index (κ2) is 4.54. The zero-order valence-corrected chi connectivity index (χ0v) is 7.70. The summed E-state index contributed by atoms with van der Waals surface area (Å²) in [6.45, 7) is -0.529. The molecule has 0 heterocycles. The second-order valence-corrected chi connectivity index (χ2v) is 2.58. The third-order valence-electron chi connectivity index (χ3n) is 0.349. The molecule has 0 saturated carbocycles. The summed E-state index contributed by atoms with van der Waals surface area (Å²) in [5.41, 5.74) is 0. The molecular formula is C2H6O4SSn. The standard InChI is InChI=1S/C2H6O4S.Sn/c3-1-2-7(4,5)6;/h3H,1-2H2,(H,4,5,6);. The summed E-state index contributed by atoms with van der Waals surface area (Å²) in [7, 11) is -3.92. The molecule has 0 amide bonds. The van der Waals surface area contributed by atoms with E-state index in [1.54, 1.807) is 0 Å². The predicted molar refractivity (Wildman–Crippen MR) is 29.3 cm³/mol. The van der Waals surface area contributed by atoms with Gasteiger partial charge in [-0.1, -0.05) is 0 Å². The van der Waals surface area contributed by atoms with Crippen LogP contribution in [0.3, 0.4) is 0 Å². The maximum atomic E-state index is 9.63. The molecule has 8 heavy (non-hydrogen) atoms. The molecule has 0 bridgehead atoms. The zero-order chi connectivity index (χ0) is 5.91. The minimum atomic E-state index is -3.92. The summed E-state index contributed by atoms with van der Waals surface area (Å²) in [5, 5.41) is 7.86. The molecule has 0 atom stereocenters. The Morgan fingerprint density at radius 2 is 1.75 bits per heavy atom. The van der Waals surface area contributed by atoms with Gasteiger partial charge in [-0.2, -0.15) is 8.42 Å². The van der Waals surface area contributed by atoms with Crippen LogP contribution in [0.4, 0.5) is 0 Å². The van der Waals surface area contributed by atoms with Crippen molar-refractivity contribution < 1.29 is 18.1 Å². The van der Waals surface area contributed by atoms with E-state index in [0.717, 1.165) is 0 Å². The van der Waals surface area contributed by atoms with Crippen molar-refractivity contribution in [2.75, 3.05) is 12.4 Å². The topological polar surface area (TPSA) is 74.6 Å². The first-order chi connectivity index (χ1) is 3.06. The van der Waals surface area contributed by atoms with Crippen molar-refractivity contribution in [3.05, 3.63) is 0 Å². The molecule has 0 spiro atoms. The van der Waals surface area contributed by atoms with E-state index in [1.165, 1.54) is 0 Å². The fourth-order valence-corrected chi connectivity index (χ4v) is 0.346. The Bertz CT molecular complexity index is 127. The zero-order valence-electron chi connectivity index (χ0n) is 4.03. The van der Waals surface area contributed by atoms with E-state index < -0.39 is 22.5 Å². The summed E-state index contributed by atoms with van der Waals surface area (Å²) < 4.78 is 27.1. The number of aliphatic hydroxyl groups is 1. The molecule has 6 heteroatoms. The first kappa shape index (κ1) is 11.5. The number of hydrogen-bond donors (Lipinski definition) is 2. The van der Waals surface area contributed by atoms with E-state index in [2.05, 4.69) is 0 Å². The summed E-state index contributed by atoms with van der Waals surface area (Å²) in [5.74, 6) is -0.576. The van der Waals surface area contributed by atoms with Crippen molar-refractivity contribution in [3.8, 4) is 0 Å². The maximum absolute atomic E-state index is 9.63. The number of aliphatic hydroxyl groups excluding tert-OH is 1. The van der Waals surface area contributed by atoms with E-state index in [0.29, 0.717) is 0 Å². The first-order valence-electron chi connectivity index (χ1n) is 1.62. The van der Waals surface area contributed by atoms with E-state index in [-0.39, 0.29) is 23.9 Å². The third-order valence-corrected chi connectivity index (χ3v) is 1.05. The Hall–Kier alpha value is 0.669. The molecule has 2 N–H and O–H groups in total. The summed E-state index contributed by atoms with van der Waals surface area (Å²) >= 11 is 0. The first-order valence-corrected chi connectivity index (χ1v) is 3.23. The van der Waals surface area contributed by atoms with Crippen LogP contribution in [0.15, 0.2) is 0 Å². The SMILES string of the molecule is O=S(=O)(O)CCO.[Sn]. The van der Waals surface area contributed by atoms with Crippen LogP contribution < -0.4 is 0 Å². The van der Waals surface area contributed by atoms with Crippen LogP contribution in [0, 0.1) is 0 Å². The van der Waals surface area contributed by atoms with Gasteiger partial charge >= 0.3 is 0 Å². The van der Waals surface area contributed by atoms with Gasteiger partial charge in [-0.25, -0.2) is 0 Å². The molecule has 48 valence electrons. The quantitative estimate of drug-likeness (QED) is 0.458. The van der Waals surface area contributed by atoms with Gasteiger partial charge in [-0.15, -0.1) is 0 Å². The van der Waals surface area contributed by atoms with Crippen LogP contribution in [0.25, 0.3) is 0 Å². The predicted octanol–water partition coefficient (Wildman–Crippen LogP) is -1.51. The van der Waals surface area contributed by atoms with Gasteiger partial charge in [0.25, 0.3) is 10.1 Å². The van der Waals surface area contributed by atoms with Crippen molar-refractivity contribution in [1.29, 1.82) is 0 Å². The van der Waals surface area contributed by atoms with Gasteiger partial charge in [0, 0.05) is 23.9 Å². The normalized spacial score (nSPS) is 10.2. The largest absolute Gasteiger partial charge is 0.395 e. The third kappa shape index (κ3) is 9.83. The Kier molecular flexibility index (Phi) is 6.50. The van der Waals surface area contributed by atoms with Gasteiger partial charge < -0.3 is 5.11 Å². The van der Waals surface area contributed by atoms with Gasteiger partial charge in [0.1, 0.15) is 0 Å². The van der Waals surface area contributed by atoms with E-state index in [4.69, 9.17) is 9.66 Å². The smallest absolute Gasteiger partial charge is 0.267 e. The summed E-state index contributed by atoms with van der Waals surface area (Å²) in [4.78, 5) is 0. The minimum absolute atomic E-state index is 0. The van der Waals surface area contributed by atoms with Crippen molar-refractivity contribution in [2.45, 2.75) is 0 Å². The fraction of sp³-hybridized carbons (Fsp3) is 1.00. The molecule has 0 aliphatic rings. The van der Waals surface area contributed by atoms with Crippen molar-refractivity contribution in [3.63, 3.8) is 0 Å². The Morgan fingerprint density at radius 3 is 1.75 bits per heavy atom. The van der Waals surface area contributed by atoms with Crippen LogP contribution in [0.1, 0.15) is 0 Å². The monoisotopic (exact) mass is 246 g/mol. The molecule has 0 saturated heterocycles. The number of rotatable bonds is 2. The van der Waals surface area contributed by atoms with E-state index in [9.17, 15) is 8.42 Å². The average molecular weight is 245 g/mol. The molecule has 0 aliphatic heterocycles. The molecule has 0 fully saturated rings. The minimum Gasteiger partial charge on any atom is -0.395 e. The van der Waals surface area contributed by atoms with E-state index >= 15 is 0 Å². The molecule has 0 rings (SSSR count).